The van der Waals surface area contributed by atoms with Gasteiger partial charge in [0.2, 0.25) is 0 Å². The van der Waals surface area contributed by atoms with Gasteiger partial charge in [0.1, 0.15) is 0 Å². The molecule has 0 aliphatic rings. The van der Waals surface area contributed by atoms with Crippen molar-refractivity contribution in [1.29, 1.82) is 0 Å². The molecule has 0 unspecified atom stereocenters. The number of aromatic nitrogens is 1. The Bertz CT molecular complexity index is 873. The monoisotopic (exact) mass is 400 g/mol. The maximum atomic E-state index is 5.37. The van der Waals surface area contributed by atoms with Crippen molar-refractivity contribution in [2.24, 2.45) is 5.10 Å². The zero-order valence-electron chi connectivity index (χ0n) is 13.2. The largest absolute Gasteiger partial charge is 0.361 e. The maximum absolute atomic E-state index is 5.37. The van der Waals surface area contributed by atoms with Crippen LogP contribution >= 0.6 is 28.1 Å². The van der Waals surface area contributed by atoms with Crippen molar-refractivity contribution < 1.29 is 0 Å². The van der Waals surface area contributed by atoms with Gasteiger partial charge in [0.25, 0.3) is 0 Å². The molecule has 2 N–H and O–H groups in total. The first kappa shape index (κ1) is 16.7. The van der Waals surface area contributed by atoms with E-state index < -0.39 is 0 Å². The molecule has 0 radical (unpaired) electrons. The van der Waals surface area contributed by atoms with Crippen LogP contribution in [0.2, 0.25) is 0 Å². The van der Waals surface area contributed by atoms with Crippen LogP contribution in [0.3, 0.4) is 0 Å². The second kappa shape index (κ2) is 7.59. The van der Waals surface area contributed by atoms with Gasteiger partial charge in [0.15, 0.2) is 5.11 Å². The zero-order valence-corrected chi connectivity index (χ0v) is 15.6. The molecule has 3 aromatic rings. The number of rotatable bonds is 4. The smallest absolute Gasteiger partial charge is 0.189 e. The molecule has 0 aliphatic heterocycles. The maximum Gasteiger partial charge on any atom is 0.189 e. The van der Waals surface area contributed by atoms with Crippen molar-refractivity contribution >= 4 is 50.4 Å². The predicted octanol–water partition coefficient (Wildman–Crippen LogP) is 4.27. The summed E-state index contributed by atoms with van der Waals surface area (Å²) in [5.41, 5.74) is 3.27. The van der Waals surface area contributed by atoms with E-state index >= 15 is 0 Å². The van der Waals surface area contributed by atoms with Gasteiger partial charge in [-0.1, -0.05) is 46.3 Å². The van der Waals surface area contributed by atoms with E-state index in [1.807, 2.05) is 49.8 Å². The summed E-state index contributed by atoms with van der Waals surface area (Å²) in [5, 5.41) is 11.0. The minimum Gasteiger partial charge on any atom is -0.361 e. The minimum absolute atomic E-state index is 0.580. The number of aromatic amines is 1. The van der Waals surface area contributed by atoms with E-state index in [1.54, 1.807) is 5.01 Å². The van der Waals surface area contributed by atoms with Gasteiger partial charge in [0, 0.05) is 40.7 Å². The molecule has 1 heterocycles. The van der Waals surface area contributed by atoms with Crippen molar-refractivity contribution in [3.05, 3.63) is 70.3 Å². The molecule has 0 aliphatic carbocycles. The third-order valence-electron chi connectivity index (χ3n) is 3.63. The molecule has 2 aromatic carbocycles. The average Bonchev–Trinajstić information content (AvgIpc) is 3.00. The van der Waals surface area contributed by atoms with Crippen LogP contribution in [0.1, 0.15) is 11.1 Å². The molecule has 0 spiro atoms. The first-order valence-corrected chi connectivity index (χ1v) is 8.70. The number of hydrogen-bond donors (Lipinski definition) is 2. The van der Waals surface area contributed by atoms with Crippen LogP contribution in [0, 0.1) is 0 Å². The first-order chi connectivity index (χ1) is 11.6. The van der Waals surface area contributed by atoms with Crippen molar-refractivity contribution in [2.45, 2.75) is 6.54 Å². The van der Waals surface area contributed by atoms with Gasteiger partial charge in [-0.05, 0) is 36.0 Å². The first-order valence-electron chi connectivity index (χ1n) is 7.49. The van der Waals surface area contributed by atoms with Gasteiger partial charge in [-0.3, -0.25) is 0 Å². The molecule has 0 fully saturated rings. The van der Waals surface area contributed by atoms with E-state index in [0.717, 1.165) is 20.9 Å². The Hall–Kier alpha value is -2.18. The standard InChI is InChI=1S/C18H17BrN4S/c1-23(18(24)21-10-13-5-3-2-4-6-13)22-12-14-11-20-17-8-7-15(19)9-16(14)17/h2-9,11-12,20H,10H2,1H3,(H,21,24)/b22-12+. The Labute approximate surface area is 154 Å². The number of halogens is 1. The zero-order chi connectivity index (χ0) is 16.9. The Balaban J connectivity index is 1.64. The van der Waals surface area contributed by atoms with Crippen molar-refractivity contribution in [3.8, 4) is 0 Å². The van der Waals surface area contributed by atoms with Crippen LogP contribution in [0.4, 0.5) is 0 Å². The second-order valence-corrected chi connectivity index (χ2v) is 6.65. The van der Waals surface area contributed by atoms with Crippen LogP contribution in [0.5, 0.6) is 0 Å². The van der Waals surface area contributed by atoms with Crippen molar-refractivity contribution in [1.82, 2.24) is 15.3 Å². The van der Waals surface area contributed by atoms with Gasteiger partial charge >= 0.3 is 0 Å². The quantitative estimate of drug-likeness (QED) is 0.390. The lowest BCUT2D eigenvalue weighted by molar-refractivity contribution is 0.532. The summed E-state index contributed by atoms with van der Waals surface area (Å²) in [4.78, 5) is 3.24. The summed E-state index contributed by atoms with van der Waals surface area (Å²) >= 11 is 8.87. The third kappa shape index (κ3) is 4.01. The number of hydrazone groups is 1. The van der Waals surface area contributed by atoms with E-state index in [0.29, 0.717) is 11.7 Å². The summed E-state index contributed by atoms with van der Waals surface area (Å²) in [6.07, 6.45) is 3.75. The van der Waals surface area contributed by atoms with Crippen LogP contribution in [0.25, 0.3) is 10.9 Å². The van der Waals surface area contributed by atoms with E-state index in [9.17, 15) is 0 Å². The summed E-state index contributed by atoms with van der Waals surface area (Å²) < 4.78 is 1.04. The SMILES string of the molecule is CN(/N=C/c1c[nH]c2ccc(Br)cc12)C(=S)NCc1ccccc1. The highest BCUT2D eigenvalue weighted by atomic mass is 79.9. The average molecular weight is 401 g/mol. The van der Waals surface area contributed by atoms with Crippen LogP contribution in [-0.4, -0.2) is 28.4 Å². The van der Waals surface area contributed by atoms with E-state index in [-0.39, 0.29) is 0 Å². The van der Waals surface area contributed by atoms with E-state index in [4.69, 9.17) is 12.2 Å². The third-order valence-corrected chi connectivity index (χ3v) is 4.53. The molecule has 6 heteroatoms. The Morgan fingerprint density at radius 1 is 1.29 bits per heavy atom. The van der Waals surface area contributed by atoms with Crippen LogP contribution in [-0.2, 0) is 6.54 Å². The number of fused-ring (bicyclic) bond motifs is 1. The van der Waals surface area contributed by atoms with Crippen molar-refractivity contribution in [3.63, 3.8) is 0 Å². The molecule has 24 heavy (non-hydrogen) atoms. The number of H-pyrrole nitrogens is 1. The molecular formula is C18H17BrN4S. The number of nitrogens with one attached hydrogen (secondary N) is 2. The van der Waals surface area contributed by atoms with Gasteiger partial charge in [-0.2, -0.15) is 5.10 Å². The van der Waals surface area contributed by atoms with Gasteiger partial charge < -0.3 is 10.3 Å². The van der Waals surface area contributed by atoms with Crippen molar-refractivity contribution in [2.75, 3.05) is 7.05 Å². The van der Waals surface area contributed by atoms with Crippen LogP contribution < -0.4 is 5.32 Å². The molecule has 0 saturated carbocycles. The van der Waals surface area contributed by atoms with E-state index in [1.165, 1.54) is 5.56 Å². The predicted molar refractivity (Wildman–Crippen MR) is 107 cm³/mol. The van der Waals surface area contributed by atoms with Gasteiger partial charge in [-0.15, -0.1) is 0 Å². The lowest BCUT2D eigenvalue weighted by atomic mass is 10.2. The summed E-state index contributed by atoms with van der Waals surface area (Å²) in [5.74, 6) is 0. The molecule has 3 rings (SSSR count). The number of benzene rings is 2. The Morgan fingerprint density at radius 2 is 2.08 bits per heavy atom. The minimum atomic E-state index is 0.580. The van der Waals surface area contributed by atoms with Gasteiger partial charge in [0.05, 0.1) is 6.21 Å². The van der Waals surface area contributed by atoms with Gasteiger partial charge in [-0.25, -0.2) is 5.01 Å². The topological polar surface area (TPSA) is 43.4 Å². The highest BCUT2D eigenvalue weighted by Crippen LogP contribution is 2.21. The molecule has 122 valence electrons. The highest BCUT2D eigenvalue weighted by Gasteiger charge is 2.04. The fourth-order valence-corrected chi connectivity index (χ4v) is 2.79. The summed E-state index contributed by atoms with van der Waals surface area (Å²) in [6, 6.07) is 16.2. The lowest BCUT2D eigenvalue weighted by Crippen LogP contribution is -2.33. The molecule has 0 atom stereocenters. The highest BCUT2D eigenvalue weighted by molar-refractivity contribution is 9.10. The molecule has 1 aromatic heterocycles. The lowest BCUT2D eigenvalue weighted by Gasteiger charge is -2.15. The molecular weight excluding hydrogens is 384 g/mol. The molecule has 0 bridgehead atoms. The fraction of sp³-hybridized carbons (Fsp3) is 0.111. The Morgan fingerprint density at radius 3 is 2.88 bits per heavy atom. The number of nitrogens with zero attached hydrogens (tertiary/aromatic N) is 2. The summed E-state index contributed by atoms with van der Waals surface area (Å²) in [6.45, 7) is 0.680. The number of hydrogen-bond acceptors (Lipinski definition) is 2. The van der Waals surface area contributed by atoms with Crippen LogP contribution in [0.15, 0.2) is 64.3 Å². The Kier molecular flexibility index (Phi) is 5.27. The normalized spacial score (nSPS) is 11.1. The molecule has 0 amide bonds. The molecule has 4 nitrogen and oxygen atoms in total. The second-order valence-electron chi connectivity index (χ2n) is 5.35. The van der Waals surface area contributed by atoms with E-state index in [2.05, 4.69) is 49.5 Å². The summed E-state index contributed by atoms with van der Waals surface area (Å²) in [7, 11) is 1.83. The number of thiocarbonyl (C=S) groups is 1. The fourth-order valence-electron chi connectivity index (χ4n) is 2.31. The molecule has 0 saturated heterocycles.